The van der Waals surface area contributed by atoms with Crippen molar-refractivity contribution in [1.29, 1.82) is 0 Å². The highest BCUT2D eigenvalue weighted by atomic mass is 16.3. The highest BCUT2D eigenvalue weighted by Gasteiger charge is 2.23. The molecular formula is C15H25N5O2. The number of aryl methyl sites for hydroxylation is 1. The molecule has 0 radical (unpaired) electrons. The van der Waals surface area contributed by atoms with E-state index in [1.165, 1.54) is 0 Å². The van der Waals surface area contributed by atoms with Crippen LogP contribution < -0.4 is 10.6 Å². The van der Waals surface area contributed by atoms with Gasteiger partial charge in [-0.25, -0.2) is 4.68 Å². The molecule has 122 valence electrons. The van der Waals surface area contributed by atoms with Gasteiger partial charge >= 0.3 is 0 Å². The van der Waals surface area contributed by atoms with E-state index in [0.717, 1.165) is 44.1 Å². The molecule has 0 aliphatic carbocycles. The van der Waals surface area contributed by atoms with Crippen LogP contribution in [0, 0.1) is 12.8 Å². The summed E-state index contributed by atoms with van der Waals surface area (Å²) in [6.45, 7) is 6.38. The van der Waals surface area contributed by atoms with Gasteiger partial charge in [-0.05, 0) is 13.3 Å². The third-order valence-electron chi connectivity index (χ3n) is 4.32. The SMILES string of the molecule is Cc1cc2n(n1)C[C@@H](CNC[C@H](O)CN1CCCC1=O)CN2. The monoisotopic (exact) mass is 307 g/mol. The molecule has 7 heteroatoms. The van der Waals surface area contributed by atoms with Crippen LogP contribution in [0.2, 0.25) is 0 Å². The highest BCUT2D eigenvalue weighted by molar-refractivity contribution is 5.78. The van der Waals surface area contributed by atoms with Gasteiger partial charge in [0.2, 0.25) is 5.91 Å². The molecule has 2 aliphatic rings. The molecule has 0 aromatic carbocycles. The van der Waals surface area contributed by atoms with Crippen LogP contribution in [0.1, 0.15) is 18.5 Å². The van der Waals surface area contributed by atoms with Crippen molar-refractivity contribution in [3.05, 3.63) is 11.8 Å². The molecule has 3 heterocycles. The van der Waals surface area contributed by atoms with Crippen LogP contribution in [0.15, 0.2) is 6.07 Å². The zero-order chi connectivity index (χ0) is 15.5. The van der Waals surface area contributed by atoms with Crippen LogP contribution in [-0.4, -0.2) is 64.5 Å². The van der Waals surface area contributed by atoms with Gasteiger partial charge in [-0.15, -0.1) is 0 Å². The topological polar surface area (TPSA) is 82.4 Å². The Balaban J connectivity index is 1.37. The van der Waals surface area contributed by atoms with Gasteiger partial charge in [-0.2, -0.15) is 5.10 Å². The fourth-order valence-corrected chi connectivity index (χ4v) is 3.19. The van der Waals surface area contributed by atoms with Crippen molar-refractivity contribution in [2.45, 2.75) is 32.4 Å². The van der Waals surface area contributed by atoms with E-state index in [1.807, 2.05) is 11.6 Å². The number of aliphatic hydroxyl groups excluding tert-OH is 1. The zero-order valence-electron chi connectivity index (χ0n) is 13.1. The molecule has 7 nitrogen and oxygen atoms in total. The van der Waals surface area contributed by atoms with Crippen molar-refractivity contribution in [3.8, 4) is 0 Å². The Kier molecular flexibility index (Phi) is 4.63. The Labute approximate surface area is 130 Å². The number of carbonyl (C=O) groups excluding carboxylic acids is 1. The molecule has 0 unspecified atom stereocenters. The van der Waals surface area contributed by atoms with Crippen LogP contribution in [0.5, 0.6) is 0 Å². The van der Waals surface area contributed by atoms with Crippen molar-refractivity contribution < 1.29 is 9.90 Å². The average Bonchev–Trinajstić information content (AvgIpc) is 3.03. The largest absolute Gasteiger partial charge is 0.390 e. The predicted molar refractivity (Wildman–Crippen MR) is 83.6 cm³/mol. The summed E-state index contributed by atoms with van der Waals surface area (Å²) in [5, 5.41) is 21.2. The van der Waals surface area contributed by atoms with Gasteiger partial charge in [-0.3, -0.25) is 4.79 Å². The number of anilines is 1. The van der Waals surface area contributed by atoms with Crippen LogP contribution >= 0.6 is 0 Å². The first-order valence-corrected chi connectivity index (χ1v) is 8.06. The lowest BCUT2D eigenvalue weighted by Gasteiger charge is -2.26. The summed E-state index contributed by atoms with van der Waals surface area (Å²) in [5.74, 6) is 1.70. The molecule has 2 aliphatic heterocycles. The minimum absolute atomic E-state index is 0.164. The number of rotatable bonds is 6. The molecule has 2 atom stereocenters. The Morgan fingerprint density at radius 2 is 2.45 bits per heavy atom. The standard InChI is InChI=1S/C15H25N5O2/c1-11-5-14-17-7-12(9-20(14)18-11)6-16-8-13(21)10-19-4-2-3-15(19)22/h5,12-13,16-17,21H,2-4,6-10H2,1H3/t12-,13-/m0/s1. The number of β-amino-alcohol motifs (C(OH)–C–C–N with tert-alkyl or cyclic N) is 1. The third-order valence-corrected chi connectivity index (χ3v) is 4.32. The van der Waals surface area contributed by atoms with Crippen LogP contribution in [0.25, 0.3) is 0 Å². The number of aromatic nitrogens is 2. The number of hydrogen-bond donors (Lipinski definition) is 3. The summed E-state index contributed by atoms with van der Waals surface area (Å²) in [5.41, 5.74) is 1.03. The smallest absolute Gasteiger partial charge is 0.222 e. The van der Waals surface area contributed by atoms with Crippen molar-refractivity contribution in [1.82, 2.24) is 20.0 Å². The summed E-state index contributed by atoms with van der Waals surface area (Å²) in [6.07, 6.45) is 1.04. The Hall–Kier alpha value is -1.60. The maximum Gasteiger partial charge on any atom is 0.222 e. The fourth-order valence-electron chi connectivity index (χ4n) is 3.19. The normalized spacial score (nSPS) is 22.5. The molecule has 22 heavy (non-hydrogen) atoms. The maximum absolute atomic E-state index is 11.5. The van der Waals surface area contributed by atoms with Gasteiger partial charge in [0.25, 0.3) is 0 Å². The Bertz CT molecular complexity index is 530. The van der Waals surface area contributed by atoms with E-state index < -0.39 is 6.10 Å². The molecular weight excluding hydrogens is 282 g/mol. The predicted octanol–water partition coefficient (Wildman–Crippen LogP) is -0.194. The number of likely N-dealkylation sites (tertiary alicyclic amines) is 1. The average molecular weight is 307 g/mol. The fraction of sp³-hybridized carbons (Fsp3) is 0.733. The van der Waals surface area contributed by atoms with Crippen LogP contribution in [0.3, 0.4) is 0 Å². The summed E-state index contributed by atoms with van der Waals surface area (Å²) in [4.78, 5) is 13.3. The molecule has 1 fully saturated rings. The first-order valence-electron chi connectivity index (χ1n) is 8.06. The lowest BCUT2D eigenvalue weighted by Crippen LogP contribution is -2.42. The van der Waals surface area contributed by atoms with E-state index in [0.29, 0.717) is 25.4 Å². The number of carbonyl (C=O) groups is 1. The summed E-state index contributed by atoms with van der Waals surface area (Å²) >= 11 is 0. The van der Waals surface area contributed by atoms with Crippen LogP contribution in [0.4, 0.5) is 5.82 Å². The summed E-state index contributed by atoms with van der Waals surface area (Å²) in [6, 6.07) is 2.06. The van der Waals surface area contributed by atoms with E-state index in [1.54, 1.807) is 4.90 Å². The molecule has 1 aromatic heterocycles. The van der Waals surface area contributed by atoms with E-state index in [2.05, 4.69) is 21.8 Å². The molecule has 3 rings (SSSR count). The van der Waals surface area contributed by atoms with E-state index >= 15 is 0 Å². The maximum atomic E-state index is 11.5. The number of amides is 1. The molecule has 0 saturated carbocycles. The number of nitrogens with one attached hydrogen (secondary N) is 2. The lowest BCUT2D eigenvalue weighted by molar-refractivity contribution is -0.128. The van der Waals surface area contributed by atoms with Crippen molar-refractivity contribution in [2.75, 3.05) is 38.0 Å². The van der Waals surface area contributed by atoms with E-state index in [4.69, 9.17) is 0 Å². The number of nitrogens with zero attached hydrogens (tertiary/aromatic N) is 3. The van der Waals surface area contributed by atoms with Crippen molar-refractivity contribution in [2.24, 2.45) is 5.92 Å². The lowest BCUT2D eigenvalue weighted by atomic mass is 10.1. The van der Waals surface area contributed by atoms with Gasteiger partial charge in [0.15, 0.2) is 0 Å². The second kappa shape index (κ2) is 6.66. The first kappa shape index (κ1) is 15.3. The second-order valence-corrected chi connectivity index (χ2v) is 6.36. The Morgan fingerprint density at radius 1 is 1.59 bits per heavy atom. The number of aliphatic hydroxyl groups is 1. The van der Waals surface area contributed by atoms with Gasteiger partial charge in [-0.1, -0.05) is 0 Å². The summed E-state index contributed by atoms with van der Waals surface area (Å²) < 4.78 is 2.00. The minimum atomic E-state index is -0.499. The summed E-state index contributed by atoms with van der Waals surface area (Å²) in [7, 11) is 0. The minimum Gasteiger partial charge on any atom is -0.390 e. The zero-order valence-corrected chi connectivity index (χ0v) is 13.1. The number of hydrogen-bond acceptors (Lipinski definition) is 5. The molecule has 1 amide bonds. The molecule has 0 bridgehead atoms. The van der Waals surface area contributed by atoms with Crippen molar-refractivity contribution >= 4 is 11.7 Å². The molecule has 3 N–H and O–H groups in total. The van der Waals surface area contributed by atoms with E-state index in [-0.39, 0.29) is 5.91 Å². The second-order valence-electron chi connectivity index (χ2n) is 6.36. The van der Waals surface area contributed by atoms with Gasteiger partial charge in [0.05, 0.1) is 11.8 Å². The quantitative estimate of drug-likeness (QED) is 0.678. The highest BCUT2D eigenvalue weighted by Crippen LogP contribution is 2.17. The van der Waals surface area contributed by atoms with E-state index in [9.17, 15) is 9.90 Å². The van der Waals surface area contributed by atoms with Gasteiger partial charge in [0.1, 0.15) is 5.82 Å². The molecule has 0 spiro atoms. The van der Waals surface area contributed by atoms with Crippen molar-refractivity contribution in [3.63, 3.8) is 0 Å². The molecule has 1 saturated heterocycles. The molecule has 1 aromatic rings. The first-order chi connectivity index (χ1) is 10.6. The Morgan fingerprint density at radius 3 is 3.23 bits per heavy atom. The van der Waals surface area contributed by atoms with Crippen LogP contribution in [-0.2, 0) is 11.3 Å². The van der Waals surface area contributed by atoms with Gasteiger partial charge in [0, 0.05) is 57.7 Å². The van der Waals surface area contributed by atoms with Gasteiger partial charge < -0.3 is 20.6 Å². The third kappa shape index (κ3) is 3.59. The number of fused-ring (bicyclic) bond motifs is 1.